The van der Waals surface area contributed by atoms with Gasteiger partial charge in [-0.15, -0.1) is 0 Å². The Hall–Kier alpha value is -2.82. The molecule has 0 aliphatic carbocycles. The molecule has 0 aromatic heterocycles. The van der Waals surface area contributed by atoms with Crippen molar-refractivity contribution >= 4 is 23.2 Å². The Balaban J connectivity index is 1.91. The number of amides is 2. The smallest absolute Gasteiger partial charge is 0.265 e. The lowest BCUT2D eigenvalue weighted by Crippen LogP contribution is -2.30. The third-order valence-corrected chi connectivity index (χ3v) is 3.65. The van der Waals surface area contributed by atoms with Crippen molar-refractivity contribution in [1.82, 2.24) is 0 Å². The van der Waals surface area contributed by atoms with Crippen LogP contribution in [0.4, 0.5) is 11.4 Å². The van der Waals surface area contributed by atoms with Gasteiger partial charge in [-0.05, 0) is 50.2 Å². The van der Waals surface area contributed by atoms with Crippen LogP contribution in [0.3, 0.4) is 0 Å². The van der Waals surface area contributed by atoms with Crippen LogP contribution in [0, 0.1) is 12.8 Å². The Bertz CT molecular complexity index is 722. The number of nitrogens with one attached hydrogen (secondary N) is 2. The average Bonchev–Trinajstić information content (AvgIpc) is 2.58. The summed E-state index contributed by atoms with van der Waals surface area (Å²) < 4.78 is 5.64. The molecule has 2 N–H and O–H groups in total. The predicted octanol–water partition coefficient (Wildman–Crippen LogP) is 4.00. The van der Waals surface area contributed by atoms with Gasteiger partial charge in [0.25, 0.3) is 5.91 Å². The Kier molecular flexibility index (Phi) is 6.17. The first-order chi connectivity index (χ1) is 11.8. The maximum absolute atomic E-state index is 12.2. The van der Waals surface area contributed by atoms with Crippen molar-refractivity contribution in [2.45, 2.75) is 33.8 Å². The van der Waals surface area contributed by atoms with Gasteiger partial charge in [0.15, 0.2) is 6.10 Å². The number of hydrogen-bond acceptors (Lipinski definition) is 3. The van der Waals surface area contributed by atoms with Crippen molar-refractivity contribution in [3.63, 3.8) is 0 Å². The second kappa shape index (κ2) is 8.33. The van der Waals surface area contributed by atoms with Crippen LogP contribution in [-0.2, 0) is 9.59 Å². The summed E-state index contributed by atoms with van der Waals surface area (Å²) >= 11 is 0. The number of carbonyl (C=O) groups is 2. The highest BCUT2D eigenvalue weighted by molar-refractivity contribution is 5.95. The number of anilines is 2. The molecule has 0 bridgehead atoms. The molecule has 0 radical (unpaired) electrons. The summed E-state index contributed by atoms with van der Waals surface area (Å²) in [5.74, 6) is 0.288. The summed E-state index contributed by atoms with van der Waals surface area (Å²) in [6, 6.07) is 14.5. The van der Waals surface area contributed by atoms with E-state index in [1.54, 1.807) is 31.2 Å². The fourth-order valence-electron chi connectivity index (χ4n) is 2.04. The van der Waals surface area contributed by atoms with Crippen molar-refractivity contribution < 1.29 is 14.3 Å². The maximum atomic E-state index is 12.2. The molecule has 25 heavy (non-hydrogen) atoms. The monoisotopic (exact) mass is 340 g/mol. The van der Waals surface area contributed by atoms with E-state index in [-0.39, 0.29) is 17.7 Å². The summed E-state index contributed by atoms with van der Waals surface area (Å²) in [5.41, 5.74) is 2.47. The summed E-state index contributed by atoms with van der Waals surface area (Å²) in [4.78, 5) is 23.9. The minimum Gasteiger partial charge on any atom is -0.481 e. The quantitative estimate of drug-likeness (QED) is 0.835. The van der Waals surface area contributed by atoms with Crippen LogP contribution in [0.5, 0.6) is 5.75 Å². The lowest BCUT2D eigenvalue weighted by Gasteiger charge is -2.15. The van der Waals surface area contributed by atoms with E-state index in [0.29, 0.717) is 17.1 Å². The normalized spacial score (nSPS) is 11.7. The molecule has 2 aromatic rings. The molecule has 2 amide bonds. The highest BCUT2D eigenvalue weighted by atomic mass is 16.5. The van der Waals surface area contributed by atoms with Crippen LogP contribution in [-0.4, -0.2) is 17.9 Å². The van der Waals surface area contributed by atoms with E-state index in [1.807, 2.05) is 45.0 Å². The van der Waals surface area contributed by atoms with E-state index >= 15 is 0 Å². The zero-order valence-electron chi connectivity index (χ0n) is 15.0. The van der Waals surface area contributed by atoms with Gasteiger partial charge in [-0.2, -0.15) is 0 Å². The second-order valence-corrected chi connectivity index (χ2v) is 6.28. The largest absolute Gasteiger partial charge is 0.481 e. The zero-order valence-corrected chi connectivity index (χ0v) is 15.0. The topological polar surface area (TPSA) is 67.4 Å². The van der Waals surface area contributed by atoms with Crippen molar-refractivity contribution in [3.05, 3.63) is 54.1 Å². The van der Waals surface area contributed by atoms with Gasteiger partial charge in [0.1, 0.15) is 5.75 Å². The van der Waals surface area contributed by atoms with E-state index < -0.39 is 6.10 Å². The molecule has 0 aliphatic heterocycles. The molecule has 0 saturated carbocycles. The molecule has 0 heterocycles. The molecular formula is C20H24N2O3. The number of aryl methyl sites for hydroxylation is 1. The van der Waals surface area contributed by atoms with E-state index in [0.717, 1.165) is 5.56 Å². The molecule has 0 fully saturated rings. The van der Waals surface area contributed by atoms with Gasteiger partial charge in [-0.25, -0.2) is 0 Å². The number of rotatable bonds is 6. The Morgan fingerprint density at radius 1 is 0.800 bits per heavy atom. The fraction of sp³-hybridized carbons (Fsp3) is 0.300. The van der Waals surface area contributed by atoms with Gasteiger partial charge in [0.05, 0.1) is 0 Å². The van der Waals surface area contributed by atoms with Crippen LogP contribution < -0.4 is 15.4 Å². The average molecular weight is 340 g/mol. The summed E-state index contributed by atoms with van der Waals surface area (Å²) in [6.45, 7) is 7.36. The van der Waals surface area contributed by atoms with E-state index in [9.17, 15) is 9.59 Å². The second-order valence-electron chi connectivity index (χ2n) is 6.28. The lowest BCUT2D eigenvalue weighted by atomic mass is 10.2. The molecule has 0 saturated heterocycles. The number of benzene rings is 2. The molecule has 2 aromatic carbocycles. The van der Waals surface area contributed by atoms with Crippen molar-refractivity contribution in [1.29, 1.82) is 0 Å². The Morgan fingerprint density at radius 3 is 1.76 bits per heavy atom. The highest BCUT2D eigenvalue weighted by Crippen LogP contribution is 2.17. The first-order valence-electron chi connectivity index (χ1n) is 8.30. The van der Waals surface area contributed by atoms with Gasteiger partial charge in [-0.1, -0.05) is 31.5 Å². The summed E-state index contributed by atoms with van der Waals surface area (Å²) in [7, 11) is 0. The van der Waals surface area contributed by atoms with Crippen molar-refractivity contribution in [2.75, 3.05) is 10.6 Å². The lowest BCUT2D eigenvalue weighted by molar-refractivity contribution is -0.122. The summed E-state index contributed by atoms with van der Waals surface area (Å²) in [5, 5.41) is 5.61. The standard InChI is InChI=1S/C20H24N2O3/c1-13(2)19(23)21-16-7-9-17(10-8-16)22-20(24)15(4)25-18-11-5-14(3)6-12-18/h5-13,15H,1-4H3,(H,21,23)(H,22,24)/t15-/m0/s1. The van der Waals surface area contributed by atoms with Crippen molar-refractivity contribution in [3.8, 4) is 5.75 Å². The SMILES string of the molecule is Cc1ccc(O[C@@H](C)C(=O)Nc2ccc(NC(=O)C(C)C)cc2)cc1. The minimum absolute atomic E-state index is 0.0445. The van der Waals surface area contributed by atoms with E-state index in [1.165, 1.54) is 0 Å². The molecule has 0 spiro atoms. The fourth-order valence-corrected chi connectivity index (χ4v) is 2.04. The van der Waals surface area contributed by atoms with Crippen LogP contribution in [0.15, 0.2) is 48.5 Å². The van der Waals surface area contributed by atoms with Crippen LogP contribution >= 0.6 is 0 Å². The number of hydrogen-bond donors (Lipinski definition) is 2. The minimum atomic E-state index is -0.622. The van der Waals surface area contributed by atoms with Crippen LogP contribution in [0.2, 0.25) is 0 Å². The third kappa shape index (κ3) is 5.64. The van der Waals surface area contributed by atoms with Crippen LogP contribution in [0.25, 0.3) is 0 Å². The number of carbonyl (C=O) groups excluding carboxylic acids is 2. The zero-order chi connectivity index (χ0) is 18.4. The maximum Gasteiger partial charge on any atom is 0.265 e. The van der Waals surface area contributed by atoms with Gasteiger partial charge >= 0.3 is 0 Å². The van der Waals surface area contributed by atoms with Gasteiger partial charge < -0.3 is 15.4 Å². The van der Waals surface area contributed by atoms with E-state index in [4.69, 9.17) is 4.74 Å². The molecular weight excluding hydrogens is 316 g/mol. The molecule has 0 aliphatic rings. The molecule has 1 atom stereocenters. The van der Waals surface area contributed by atoms with Gasteiger partial charge in [0, 0.05) is 17.3 Å². The summed E-state index contributed by atoms with van der Waals surface area (Å²) in [6.07, 6.45) is -0.622. The molecule has 2 rings (SSSR count). The molecule has 5 nitrogen and oxygen atoms in total. The number of ether oxygens (including phenoxy) is 1. The Morgan fingerprint density at radius 2 is 1.28 bits per heavy atom. The molecule has 5 heteroatoms. The van der Waals surface area contributed by atoms with Crippen molar-refractivity contribution in [2.24, 2.45) is 5.92 Å². The van der Waals surface area contributed by atoms with Crippen LogP contribution in [0.1, 0.15) is 26.3 Å². The highest BCUT2D eigenvalue weighted by Gasteiger charge is 2.15. The van der Waals surface area contributed by atoms with Gasteiger partial charge in [0.2, 0.25) is 5.91 Å². The third-order valence-electron chi connectivity index (χ3n) is 3.65. The first-order valence-corrected chi connectivity index (χ1v) is 8.30. The van der Waals surface area contributed by atoms with Gasteiger partial charge in [-0.3, -0.25) is 9.59 Å². The first kappa shape index (κ1) is 18.5. The molecule has 132 valence electrons. The predicted molar refractivity (Wildman–Crippen MR) is 99.8 cm³/mol. The Labute approximate surface area is 148 Å². The van der Waals surface area contributed by atoms with E-state index in [2.05, 4.69) is 10.6 Å². The molecule has 0 unspecified atom stereocenters.